The van der Waals surface area contributed by atoms with Gasteiger partial charge in [-0.2, -0.15) is 10.1 Å². The summed E-state index contributed by atoms with van der Waals surface area (Å²) in [5.74, 6) is 0.643. The number of fused-ring (bicyclic) bond motifs is 1. The Labute approximate surface area is 325 Å². The van der Waals surface area contributed by atoms with Crippen molar-refractivity contribution >= 4 is 76.1 Å². The van der Waals surface area contributed by atoms with E-state index in [1.807, 2.05) is 18.2 Å². The Bertz CT molecular complexity index is 1980. The van der Waals surface area contributed by atoms with Crippen molar-refractivity contribution < 1.29 is 28.2 Å². The Balaban J connectivity index is 1.52. The van der Waals surface area contributed by atoms with Crippen molar-refractivity contribution in [3.8, 4) is 5.75 Å². The molecule has 5 aromatic rings. The van der Waals surface area contributed by atoms with Crippen LogP contribution in [0.15, 0.2) is 78.9 Å². The average Bonchev–Trinajstić information content (AvgIpc) is 3.47. The van der Waals surface area contributed by atoms with E-state index in [1.165, 1.54) is 24.6 Å². The third kappa shape index (κ3) is 8.82. The number of nitrogens with one attached hydrogen (secondary N) is 2. The second-order valence-electron chi connectivity index (χ2n) is 13.6. The number of carbonyl (C=O) groups is 2. The third-order valence-corrected chi connectivity index (χ3v) is 14.9. The minimum Gasteiger partial charge on any atom is -0.496 e. The van der Waals surface area contributed by atoms with Crippen molar-refractivity contribution in [1.29, 1.82) is 0 Å². The van der Waals surface area contributed by atoms with Crippen LogP contribution in [-0.4, -0.2) is 74.1 Å². The van der Waals surface area contributed by atoms with Gasteiger partial charge in [0.05, 0.1) is 33.4 Å². The van der Waals surface area contributed by atoms with Crippen LogP contribution in [0.1, 0.15) is 62.9 Å². The van der Waals surface area contributed by atoms with Crippen molar-refractivity contribution in [2.45, 2.75) is 64.6 Å². The molecule has 0 aliphatic carbocycles. The zero-order chi connectivity index (χ0) is 38.2. The molecule has 0 aliphatic heterocycles. The Kier molecular flexibility index (Phi) is 13.1. The number of rotatable bonds is 15. The molecule has 0 aliphatic rings. The largest absolute Gasteiger partial charge is 0.496 e. The van der Waals surface area contributed by atoms with Crippen LogP contribution in [0.3, 0.4) is 0 Å². The van der Waals surface area contributed by atoms with Crippen LogP contribution in [0.5, 0.6) is 5.75 Å². The van der Waals surface area contributed by atoms with Gasteiger partial charge in [-0.05, 0) is 63.0 Å². The quantitative estimate of drug-likeness (QED) is 0.0644. The highest BCUT2D eigenvalue weighted by molar-refractivity contribution is 14.1. The summed E-state index contributed by atoms with van der Waals surface area (Å²) in [5, 5.41) is 13.4. The fraction of sp³-hybridized carbons (Fsp3) is 0.359. The SMILES string of the molecule is CCC[C@@H](CCO[Si](c1ccccc1)(c1ccccc1)C(C)(C)C)Nc1nc(NC(=O)OC)nc2c(I)nn(Cc3ccc(C(=O)OC)cc3OC)c12. The number of ether oxygens (including phenoxy) is 3. The van der Waals surface area contributed by atoms with E-state index in [0.717, 1.165) is 18.4 Å². The van der Waals surface area contributed by atoms with Gasteiger partial charge in [-0.3, -0.25) is 10.00 Å². The maximum atomic E-state index is 12.3. The van der Waals surface area contributed by atoms with Crippen molar-refractivity contribution in [1.82, 2.24) is 19.7 Å². The zero-order valence-electron chi connectivity index (χ0n) is 31.2. The second kappa shape index (κ2) is 17.5. The number of anilines is 2. The van der Waals surface area contributed by atoms with Gasteiger partial charge < -0.3 is 24.0 Å². The van der Waals surface area contributed by atoms with Crippen LogP contribution in [0.4, 0.5) is 16.6 Å². The van der Waals surface area contributed by atoms with Crippen molar-refractivity contribution in [3.63, 3.8) is 0 Å². The molecule has 0 spiro atoms. The van der Waals surface area contributed by atoms with Crippen LogP contribution >= 0.6 is 22.6 Å². The van der Waals surface area contributed by atoms with Crippen LogP contribution < -0.4 is 25.7 Å². The zero-order valence-corrected chi connectivity index (χ0v) is 34.4. The Hall–Kier alpha value is -4.54. The summed E-state index contributed by atoms with van der Waals surface area (Å²) in [5.41, 5.74) is 2.36. The first-order chi connectivity index (χ1) is 25.4. The van der Waals surface area contributed by atoms with Crippen molar-refractivity contribution in [2.75, 3.05) is 38.6 Å². The van der Waals surface area contributed by atoms with Crippen LogP contribution in [0.25, 0.3) is 11.0 Å². The molecule has 1 atom stereocenters. The number of esters is 1. The normalized spacial score (nSPS) is 12.3. The van der Waals surface area contributed by atoms with Gasteiger partial charge in [-0.1, -0.05) is 101 Å². The molecule has 1 amide bonds. The predicted octanol–water partition coefficient (Wildman–Crippen LogP) is 7.00. The summed E-state index contributed by atoms with van der Waals surface area (Å²) in [6, 6.07) is 26.3. The first-order valence-electron chi connectivity index (χ1n) is 17.5. The maximum absolute atomic E-state index is 12.3. The molecule has 280 valence electrons. The molecule has 14 heteroatoms. The topological polar surface area (TPSA) is 139 Å². The lowest BCUT2D eigenvalue weighted by Gasteiger charge is -2.43. The highest BCUT2D eigenvalue weighted by Crippen LogP contribution is 2.37. The number of aromatic nitrogens is 4. The summed E-state index contributed by atoms with van der Waals surface area (Å²) in [6.07, 6.45) is 1.76. The fourth-order valence-electron chi connectivity index (χ4n) is 6.69. The predicted molar refractivity (Wildman–Crippen MR) is 218 cm³/mol. The molecule has 2 aromatic heterocycles. The number of hydrogen-bond acceptors (Lipinski definition) is 10. The molecule has 0 bridgehead atoms. The number of carbonyl (C=O) groups excluding carboxylic acids is 2. The standard InChI is InChI=1S/C39H47IN6O6Si/c1-8-15-28(22-23-52-53(39(2,3)4,29-16-11-9-12-17-29)30-18-13-10-14-19-30)41-35-33-32(42-37(43-35)44-38(48)51-7)34(40)45-46(33)25-27-21-20-26(36(47)50-6)24-31(27)49-5/h9-14,16-21,24,28H,8,15,22-23,25H2,1-7H3,(H2,41,42,43,44,48)/t28-/m0/s1. The summed E-state index contributed by atoms with van der Waals surface area (Å²) >= 11 is 2.13. The number of amides is 1. The molecular formula is C39H47IN6O6Si. The maximum Gasteiger partial charge on any atom is 0.413 e. The van der Waals surface area contributed by atoms with Crippen LogP contribution in [0.2, 0.25) is 5.04 Å². The van der Waals surface area contributed by atoms with Gasteiger partial charge in [0.1, 0.15) is 20.5 Å². The Morgan fingerprint density at radius 1 is 0.906 bits per heavy atom. The first-order valence-corrected chi connectivity index (χ1v) is 20.5. The lowest BCUT2D eigenvalue weighted by Crippen LogP contribution is -2.66. The van der Waals surface area contributed by atoms with E-state index < -0.39 is 20.4 Å². The average molecular weight is 851 g/mol. The van der Waals surface area contributed by atoms with E-state index >= 15 is 0 Å². The van der Waals surface area contributed by atoms with Crippen LogP contribution in [0, 0.1) is 3.70 Å². The fourth-order valence-corrected chi connectivity index (χ4v) is 11.9. The molecule has 0 saturated heterocycles. The lowest BCUT2D eigenvalue weighted by atomic mass is 10.1. The minimum absolute atomic E-state index is 0.0443. The first kappa shape index (κ1) is 39.7. The van der Waals surface area contributed by atoms with E-state index in [4.69, 9.17) is 28.7 Å². The lowest BCUT2D eigenvalue weighted by molar-refractivity contribution is 0.0600. The van der Waals surface area contributed by atoms with Gasteiger partial charge in [0.15, 0.2) is 5.82 Å². The molecule has 0 fully saturated rings. The van der Waals surface area contributed by atoms with E-state index in [9.17, 15) is 9.59 Å². The molecule has 2 heterocycles. The summed E-state index contributed by atoms with van der Waals surface area (Å²) in [7, 11) is 1.43. The molecule has 53 heavy (non-hydrogen) atoms. The monoisotopic (exact) mass is 850 g/mol. The summed E-state index contributed by atoms with van der Waals surface area (Å²) in [6.45, 7) is 9.77. The van der Waals surface area contributed by atoms with E-state index in [-0.39, 0.29) is 17.0 Å². The molecule has 0 radical (unpaired) electrons. The molecule has 0 unspecified atom stereocenters. The van der Waals surface area contributed by atoms with Gasteiger partial charge in [-0.15, -0.1) is 0 Å². The summed E-state index contributed by atoms with van der Waals surface area (Å²) in [4.78, 5) is 33.9. The van der Waals surface area contributed by atoms with Gasteiger partial charge in [0, 0.05) is 18.2 Å². The number of nitrogens with zero attached hydrogens (tertiary/aromatic N) is 4. The molecule has 12 nitrogen and oxygen atoms in total. The number of methoxy groups -OCH3 is 3. The van der Waals surface area contributed by atoms with Gasteiger partial charge in [0.2, 0.25) is 5.95 Å². The molecule has 3 aromatic carbocycles. The molecular weight excluding hydrogens is 803 g/mol. The van der Waals surface area contributed by atoms with E-state index in [2.05, 4.69) is 114 Å². The molecule has 2 N–H and O–H groups in total. The Morgan fingerprint density at radius 2 is 1.57 bits per heavy atom. The molecule has 5 rings (SSSR count). The smallest absolute Gasteiger partial charge is 0.413 e. The van der Waals surface area contributed by atoms with Crippen molar-refractivity contribution in [2.24, 2.45) is 0 Å². The highest BCUT2D eigenvalue weighted by atomic mass is 127. The van der Waals surface area contributed by atoms with E-state index in [1.54, 1.807) is 23.9 Å². The van der Waals surface area contributed by atoms with Gasteiger partial charge >= 0.3 is 12.1 Å². The Morgan fingerprint density at radius 3 is 2.13 bits per heavy atom. The van der Waals surface area contributed by atoms with Gasteiger partial charge in [-0.25, -0.2) is 14.6 Å². The third-order valence-electron chi connectivity index (χ3n) is 9.15. The van der Waals surface area contributed by atoms with Crippen LogP contribution in [-0.2, 0) is 20.4 Å². The number of halogens is 1. The highest BCUT2D eigenvalue weighted by Gasteiger charge is 2.50. The number of benzene rings is 3. The number of hydrogen-bond donors (Lipinski definition) is 2. The minimum atomic E-state index is -2.75. The second-order valence-corrected chi connectivity index (χ2v) is 18.9. The van der Waals surface area contributed by atoms with Crippen molar-refractivity contribution in [3.05, 3.63) is 93.7 Å². The molecule has 0 saturated carbocycles. The van der Waals surface area contributed by atoms with Gasteiger partial charge in [0.25, 0.3) is 8.32 Å². The van der Waals surface area contributed by atoms with E-state index in [0.29, 0.717) is 51.4 Å². The summed E-state index contributed by atoms with van der Waals surface area (Å²) < 4.78 is 25.1.